The minimum absolute atomic E-state index is 0.0296. The molecular formula is C23H28N6O3S. The highest BCUT2D eigenvalue weighted by Gasteiger charge is 2.17. The standard InChI is InChI=1S/C23H28N6O3S/c1-16-14-17(23(30)25-18-6-4-3-5-7-18)8-13-21(16)24-15-22-26-27-28-29(22)19-9-11-20(12-10-19)33(2,31)32/h8-14,18,24H,3-7,15H2,1-2H3,(H,25,30). The van der Waals surface area contributed by atoms with Gasteiger partial charge in [0.25, 0.3) is 5.91 Å². The summed E-state index contributed by atoms with van der Waals surface area (Å²) in [5.74, 6) is 0.540. The van der Waals surface area contributed by atoms with Crippen LogP contribution in [-0.4, -0.2) is 46.8 Å². The van der Waals surface area contributed by atoms with E-state index in [9.17, 15) is 13.2 Å². The number of aryl methyl sites for hydroxylation is 1. The zero-order valence-corrected chi connectivity index (χ0v) is 19.6. The number of aromatic nitrogens is 4. The van der Waals surface area contributed by atoms with E-state index in [0.717, 1.165) is 24.1 Å². The number of hydrogen-bond donors (Lipinski definition) is 2. The third-order valence-electron chi connectivity index (χ3n) is 5.91. The largest absolute Gasteiger partial charge is 0.377 e. The van der Waals surface area contributed by atoms with Gasteiger partial charge in [-0.05, 0) is 78.2 Å². The van der Waals surface area contributed by atoms with Crippen LogP contribution in [-0.2, 0) is 16.4 Å². The predicted molar refractivity (Wildman–Crippen MR) is 125 cm³/mol. The van der Waals surface area contributed by atoms with Crippen molar-refractivity contribution in [3.05, 3.63) is 59.4 Å². The zero-order chi connectivity index (χ0) is 23.4. The molecule has 4 rings (SSSR count). The van der Waals surface area contributed by atoms with Crippen molar-refractivity contribution in [2.75, 3.05) is 11.6 Å². The molecule has 1 heterocycles. The Hall–Kier alpha value is -3.27. The molecule has 0 saturated heterocycles. The number of rotatable bonds is 7. The van der Waals surface area contributed by atoms with Gasteiger partial charge in [0.05, 0.1) is 17.1 Å². The smallest absolute Gasteiger partial charge is 0.251 e. The Bertz CT molecular complexity index is 1230. The number of tetrazole rings is 1. The highest BCUT2D eigenvalue weighted by atomic mass is 32.2. The van der Waals surface area contributed by atoms with Crippen molar-refractivity contribution in [2.45, 2.75) is 56.5 Å². The third kappa shape index (κ3) is 5.57. The molecule has 33 heavy (non-hydrogen) atoms. The van der Waals surface area contributed by atoms with Crippen LogP contribution in [0.15, 0.2) is 47.4 Å². The Morgan fingerprint density at radius 3 is 2.48 bits per heavy atom. The first-order valence-electron chi connectivity index (χ1n) is 11.0. The molecule has 3 aromatic rings. The Balaban J connectivity index is 1.42. The number of carbonyl (C=O) groups excluding carboxylic acids is 1. The number of carbonyl (C=O) groups is 1. The second-order valence-corrected chi connectivity index (χ2v) is 10.5. The molecule has 10 heteroatoms. The molecule has 2 N–H and O–H groups in total. The van der Waals surface area contributed by atoms with Crippen LogP contribution in [0.1, 0.15) is 53.8 Å². The van der Waals surface area contributed by atoms with Gasteiger partial charge >= 0.3 is 0 Å². The molecule has 2 aromatic carbocycles. The lowest BCUT2D eigenvalue weighted by atomic mass is 9.95. The number of benzene rings is 2. The molecule has 1 aliphatic carbocycles. The van der Waals surface area contributed by atoms with E-state index in [4.69, 9.17) is 0 Å². The van der Waals surface area contributed by atoms with Crippen LogP contribution in [0, 0.1) is 6.92 Å². The minimum Gasteiger partial charge on any atom is -0.377 e. The SMILES string of the molecule is Cc1cc(C(=O)NC2CCCCC2)ccc1NCc1nnnn1-c1ccc(S(C)(=O)=O)cc1. The first kappa shape index (κ1) is 22.9. The van der Waals surface area contributed by atoms with Crippen LogP contribution in [0.5, 0.6) is 0 Å². The average Bonchev–Trinajstić information content (AvgIpc) is 3.27. The molecule has 1 aromatic heterocycles. The molecule has 0 unspecified atom stereocenters. The summed E-state index contributed by atoms with van der Waals surface area (Å²) < 4.78 is 24.9. The fourth-order valence-corrected chi connectivity index (χ4v) is 4.67. The Morgan fingerprint density at radius 2 is 1.82 bits per heavy atom. The normalized spacial score (nSPS) is 14.7. The van der Waals surface area contributed by atoms with Crippen LogP contribution in [0.3, 0.4) is 0 Å². The van der Waals surface area contributed by atoms with E-state index in [0.29, 0.717) is 23.6 Å². The summed E-state index contributed by atoms with van der Waals surface area (Å²) in [5.41, 5.74) is 3.14. The van der Waals surface area contributed by atoms with Gasteiger partial charge in [0.15, 0.2) is 15.7 Å². The van der Waals surface area contributed by atoms with Crippen molar-refractivity contribution in [3.8, 4) is 5.69 Å². The highest BCUT2D eigenvalue weighted by molar-refractivity contribution is 7.90. The fraction of sp³-hybridized carbons (Fsp3) is 0.391. The third-order valence-corrected chi connectivity index (χ3v) is 7.04. The summed E-state index contributed by atoms with van der Waals surface area (Å²) >= 11 is 0. The van der Waals surface area contributed by atoms with Crippen LogP contribution >= 0.6 is 0 Å². The van der Waals surface area contributed by atoms with Crippen LogP contribution in [0.25, 0.3) is 5.69 Å². The molecule has 0 bridgehead atoms. The Kier molecular flexibility index (Phi) is 6.73. The van der Waals surface area contributed by atoms with E-state index in [1.807, 2.05) is 25.1 Å². The van der Waals surface area contributed by atoms with Crippen LogP contribution < -0.4 is 10.6 Å². The van der Waals surface area contributed by atoms with Crippen molar-refractivity contribution in [3.63, 3.8) is 0 Å². The molecule has 0 radical (unpaired) electrons. The van der Waals surface area contributed by atoms with Gasteiger partial charge in [0.2, 0.25) is 0 Å². The fourth-order valence-electron chi connectivity index (χ4n) is 4.04. The number of sulfone groups is 1. The van der Waals surface area contributed by atoms with Crippen molar-refractivity contribution in [1.29, 1.82) is 0 Å². The lowest BCUT2D eigenvalue weighted by molar-refractivity contribution is 0.0927. The number of nitrogens with one attached hydrogen (secondary N) is 2. The minimum atomic E-state index is -3.27. The molecular weight excluding hydrogens is 440 g/mol. The highest BCUT2D eigenvalue weighted by Crippen LogP contribution is 2.21. The van der Waals surface area contributed by atoms with Gasteiger partial charge in [-0.25, -0.2) is 8.42 Å². The van der Waals surface area contributed by atoms with Gasteiger partial charge in [-0.15, -0.1) is 5.10 Å². The van der Waals surface area contributed by atoms with Crippen molar-refractivity contribution in [2.24, 2.45) is 0 Å². The molecule has 0 aliphatic heterocycles. The lowest BCUT2D eigenvalue weighted by Crippen LogP contribution is -2.36. The molecule has 174 valence electrons. The summed E-state index contributed by atoms with van der Waals surface area (Å²) in [6.45, 7) is 2.31. The molecule has 1 saturated carbocycles. The summed E-state index contributed by atoms with van der Waals surface area (Å²) in [6, 6.07) is 12.3. The molecule has 9 nitrogen and oxygen atoms in total. The first-order valence-corrected chi connectivity index (χ1v) is 12.9. The number of anilines is 1. The van der Waals surface area contributed by atoms with Crippen molar-refractivity contribution >= 4 is 21.4 Å². The molecule has 1 amide bonds. The summed E-state index contributed by atoms with van der Waals surface area (Å²) in [7, 11) is -3.27. The Labute approximate surface area is 193 Å². The maximum atomic E-state index is 12.6. The van der Waals surface area contributed by atoms with Gasteiger partial charge in [-0.3, -0.25) is 4.79 Å². The van der Waals surface area contributed by atoms with Crippen molar-refractivity contribution in [1.82, 2.24) is 25.5 Å². The number of amides is 1. The average molecular weight is 469 g/mol. The lowest BCUT2D eigenvalue weighted by Gasteiger charge is -2.23. The van der Waals surface area contributed by atoms with Gasteiger partial charge < -0.3 is 10.6 Å². The summed E-state index contributed by atoms with van der Waals surface area (Å²) in [6.07, 6.45) is 6.87. The van der Waals surface area contributed by atoms with Crippen molar-refractivity contribution < 1.29 is 13.2 Å². The first-order chi connectivity index (χ1) is 15.8. The van der Waals surface area contributed by atoms with Gasteiger partial charge in [-0.2, -0.15) is 4.68 Å². The van der Waals surface area contributed by atoms with Gasteiger partial charge in [0.1, 0.15) is 0 Å². The topological polar surface area (TPSA) is 119 Å². The van der Waals surface area contributed by atoms with E-state index in [1.165, 1.54) is 37.7 Å². The Morgan fingerprint density at radius 1 is 1.09 bits per heavy atom. The van der Waals surface area contributed by atoms with E-state index in [2.05, 4.69) is 26.2 Å². The van der Waals surface area contributed by atoms with E-state index < -0.39 is 9.84 Å². The van der Waals surface area contributed by atoms with E-state index in [1.54, 1.807) is 16.8 Å². The van der Waals surface area contributed by atoms with E-state index >= 15 is 0 Å². The monoisotopic (exact) mass is 468 g/mol. The number of nitrogens with zero attached hydrogens (tertiary/aromatic N) is 4. The maximum Gasteiger partial charge on any atom is 0.251 e. The second kappa shape index (κ2) is 9.70. The molecule has 1 aliphatic rings. The van der Waals surface area contributed by atoms with Crippen LogP contribution in [0.4, 0.5) is 5.69 Å². The quantitative estimate of drug-likeness (QED) is 0.547. The van der Waals surface area contributed by atoms with Crippen LogP contribution in [0.2, 0.25) is 0 Å². The predicted octanol–water partition coefficient (Wildman–Crippen LogP) is 3.05. The van der Waals surface area contributed by atoms with E-state index in [-0.39, 0.29) is 16.8 Å². The second-order valence-electron chi connectivity index (χ2n) is 8.46. The number of hydrogen-bond acceptors (Lipinski definition) is 7. The summed E-state index contributed by atoms with van der Waals surface area (Å²) in [5, 5.41) is 18.3. The molecule has 0 atom stereocenters. The molecule has 1 fully saturated rings. The maximum absolute atomic E-state index is 12.6. The van der Waals surface area contributed by atoms with Gasteiger partial charge in [-0.1, -0.05) is 19.3 Å². The summed E-state index contributed by atoms with van der Waals surface area (Å²) in [4.78, 5) is 12.8. The molecule has 0 spiro atoms. The zero-order valence-electron chi connectivity index (χ0n) is 18.8. The van der Waals surface area contributed by atoms with Gasteiger partial charge in [0, 0.05) is 23.5 Å².